The number of aromatic nitrogens is 2. The van der Waals surface area contributed by atoms with Crippen LogP contribution < -0.4 is 24.1 Å². The molecule has 0 spiro atoms. The number of carboxylic acid groups (broad SMARTS) is 1. The highest BCUT2D eigenvalue weighted by atomic mass is 32.1. The molecule has 3 aromatic carbocycles. The molecule has 0 unspecified atom stereocenters. The Hall–Kier alpha value is -4.58. The molecule has 0 aliphatic rings. The second-order valence-electron chi connectivity index (χ2n) is 8.05. The molecule has 0 saturated heterocycles. The lowest BCUT2D eigenvalue weighted by Gasteiger charge is -2.19. The first-order chi connectivity index (χ1) is 18.7. The third kappa shape index (κ3) is 5.96. The third-order valence-corrected chi connectivity index (χ3v) is 6.33. The van der Waals surface area contributed by atoms with Gasteiger partial charge >= 0.3 is 6.61 Å². The molecule has 0 bridgehead atoms. The summed E-state index contributed by atoms with van der Waals surface area (Å²) in [4.78, 5) is 26.3. The number of methoxy groups -OCH3 is 3. The standard InChI is InChI=1S/C27H22F2N2O7S/c1-35-21-11-14(12-22(36-2)25(21)37-3)10-18(24(32)15-4-7-17(8-5-15)38-27(28)29)23(26(33)34)16-6-9-19-20(13-16)31-39-30-19/h4-9,11-13,27H,10H2,1-3H3,(H,33,34)/p-1/b23-18-. The van der Waals surface area contributed by atoms with Crippen molar-refractivity contribution in [2.75, 3.05) is 21.3 Å². The van der Waals surface area contributed by atoms with E-state index in [9.17, 15) is 23.5 Å². The van der Waals surface area contributed by atoms with Gasteiger partial charge in [0, 0.05) is 23.1 Å². The topological polar surface area (TPSA) is 120 Å². The van der Waals surface area contributed by atoms with E-state index in [1.165, 1.54) is 57.7 Å². The van der Waals surface area contributed by atoms with Crippen molar-refractivity contribution in [3.8, 4) is 23.0 Å². The minimum atomic E-state index is -3.04. The van der Waals surface area contributed by atoms with Crippen LogP contribution in [0.1, 0.15) is 21.5 Å². The van der Waals surface area contributed by atoms with Gasteiger partial charge in [-0.1, -0.05) is 6.07 Å². The number of hydrogen-bond donors (Lipinski definition) is 0. The van der Waals surface area contributed by atoms with Gasteiger partial charge in [-0.3, -0.25) is 4.79 Å². The second-order valence-corrected chi connectivity index (χ2v) is 8.58. The Morgan fingerprint density at radius 2 is 1.49 bits per heavy atom. The summed E-state index contributed by atoms with van der Waals surface area (Å²) < 4.78 is 54.0. The van der Waals surface area contributed by atoms with Gasteiger partial charge in [-0.25, -0.2) is 0 Å². The van der Waals surface area contributed by atoms with Crippen LogP contribution in [0.25, 0.3) is 16.6 Å². The van der Waals surface area contributed by atoms with Crippen molar-refractivity contribution in [1.82, 2.24) is 8.75 Å². The van der Waals surface area contributed by atoms with Crippen molar-refractivity contribution in [2.45, 2.75) is 13.0 Å². The normalized spacial score (nSPS) is 11.7. The predicted molar refractivity (Wildman–Crippen MR) is 137 cm³/mol. The van der Waals surface area contributed by atoms with E-state index in [4.69, 9.17) is 14.2 Å². The predicted octanol–water partition coefficient (Wildman–Crippen LogP) is 3.95. The first kappa shape index (κ1) is 27.5. The molecule has 1 heterocycles. The van der Waals surface area contributed by atoms with E-state index in [0.29, 0.717) is 33.8 Å². The van der Waals surface area contributed by atoms with E-state index in [2.05, 4.69) is 13.5 Å². The molecular formula is C27H21F2N2O7S-. The van der Waals surface area contributed by atoms with Crippen LogP contribution in [0.3, 0.4) is 0 Å². The van der Waals surface area contributed by atoms with Gasteiger partial charge in [0.2, 0.25) is 5.75 Å². The Morgan fingerprint density at radius 1 is 0.872 bits per heavy atom. The van der Waals surface area contributed by atoms with E-state index >= 15 is 0 Å². The highest BCUT2D eigenvalue weighted by Gasteiger charge is 2.23. The fourth-order valence-electron chi connectivity index (χ4n) is 4.04. The second kappa shape index (κ2) is 11.9. The number of nitrogens with zero attached hydrogens (tertiary/aromatic N) is 2. The first-order valence-corrected chi connectivity index (χ1v) is 12.0. The van der Waals surface area contributed by atoms with E-state index in [1.54, 1.807) is 18.2 Å². The number of carbonyl (C=O) groups excluding carboxylic acids is 2. The van der Waals surface area contributed by atoms with Crippen molar-refractivity contribution in [2.24, 2.45) is 0 Å². The van der Waals surface area contributed by atoms with E-state index < -0.39 is 18.4 Å². The smallest absolute Gasteiger partial charge is 0.387 e. The number of carboxylic acids is 1. The Bertz CT molecular complexity index is 1530. The Balaban J connectivity index is 1.89. The molecular weight excluding hydrogens is 534 g/mol. The van der Waals surface area contributed by atoms with Gasteiger partial charge in [-0.2, -0.15) is 17.5 Å². The quantitative estimate of drug-likeness (QED) is 0.200. The molecule has 0 amide bonds. The molecule has 0 atom stereocenters. The van der Waals surface area contributed by atoms with Gasteiger partial charge in [-0.05, 0) is 59.7 Å². The number of halogens is 2. The highest BCUT2D eigenvalue weighted by molar-refractivity contribution is 7.00. The highest BCUT2D eigenvalue weighted by Crippen LogP contribution is 2.39. The molecule has 9 nitrogen and oxygen atoms in total. The van der Waals surface area contributed by atoms with E-state index in [0.717, 1.165) is 11.7 Å². The van der Waals surface area contributed by atoms with Crippen LogP contribution in [0.2, 0.25) is 0 Å². The van der Waals surface area contributed by atoms with E-state index in [-0.39, 0.29) is 34.4 Å². The number of benzene rings is 3. The number of Topliss-reactive ketones (excluding diaryl/α,β-unsaturated/α-hetero) is 1. The summed E-state index contributed by atoms with van der Waals surface area (Å²) in [6.45, 7) is -3.04. The van der Waals surface area contributed by atoms with Crippen LogP contribution in [0.5, 0.6) is 23.0 Å². The van der Waals surface area contributed by atoms with Gasteiger partial charge in [-0.15, -0.1) is 0 Å². The maximum atomic E-state index is 13.8. The van der Waals surface area contributed by atoms with Crippen LogP contribution in [-0.4, -0.2) is 48.4 Å². The number of aliphatic carboxylic acids is 1. The van der Waals surface area contributed by atoms with Crippen LogP contribution in [0.15, 0.2) is 60.2 Å². The summed E-state index contributed by atoms with van der Waals surface area (Å²) in [6, 6.07) is 12.7. The minimum absolute atomic E-state index is 0.0502. The Kier molecular flexibility index (Phi) is 8.35. The van der Waals surface area contributed by atoms with Gasteiger partial charge < -0.3 is 28.8 Å². The molecule has 4 aromatic rings. The van der Waals surface area contributed by atoms with E-state index in [1.807, 2.05) is 0 Å². The Labute approximate surface area is 225 Å². The number of fused-ring (bicyclic) bond motifs is 1. The van der Waals surface area contributed by atoms with Crippen molar-refractivity contribution in [3.63, 3.8) is 0 Å². The number of rotatable bonds is 11. The number of ketones is 1. The molecule has 0 saturated carbocycles. The fraction of sp³-hybridized carbons (Fsp3) is 0.185. The molecule has 0 radical (unpaired) electrons. The number of hydrogen-bond acceptors (Lipinski definition) is 10. The first-order valence-electron chi connectivity index (χ1n) is 11.3. The van der Waals surface area contributed by atoms with Crippen molar-refractivity contribution in [1.29, 1.82) is 0 Å². The minimum Gasteiger partial charge on any atom is -0.545 e. The van der Waals surface area contributed by atoms with Crippen molar-refractivity contribution in [3.05, 3.63) is 76.9 Å². The molecule has 39 heavy (non-hydrogen) atoms. The molecule has 0 N–H and O–H groups in total. The monoisotopic (exact) mass is 555 g/mol. The third-order valence-electron chi connectivity index (χ3n) is 5.77. The number of ether oxygens (including phenoxy) is 4. The van der Waals surface area contributed by atoms with Crippen LogP contribution in [0, 0.1) is 0 Å². The van der Waals surface area contributed by atoms with Crippen LogP contribution in [-0.2, 0) is 11.2 Å². The lowest BCUT2D eigenvalue weighted by atomic mass is 9.89. The summed E-state index contributed by atoms with van der Waals surface area (Å²) >= 11 is 0.962. The Morgan fingerprint density at radius 3 is 2.05 bits per heavy atom. The number of allylic oxidation sites excluding steroid dienone is 1. The summed E-state index contributed by atoms with van der Waals surface area (Å²) in [5.74, 6) is -1.49. The summed E-state index contributed by atoms with van der Waals surface area (Å²) in [6.07, 6.45) is -0.179. The molecule has 12 heteroatoms. The number of carbonyl (C=O) groups is 2. The summed E-state index contributed by atoms with van der Waals surface area (Å²) in [5.41, 5.74) is 1.22. The maximum absolute atomic E-state index is 13.8. The number of alkyl halides is 2. The zero-order valence-corrected chi connectivity index (χ0v) is 21.7. The van der Waals surface area contributed by atoms with Crippen LogP contribution in [0.4, 0.5) is 8.78 Å². The molecule has 0 aliphatic carbocycles. The lowest BCUT2D eigenvalue weighted by Crippen LogP contribution is -2.27. The molecule has 4 rings (SSSR count). The molecule has 0 fully saturated rings. The van der Waals surface area contributed by atoms with Gasteiger partial charge in [0.1, 0.15) is 16.8 Å². The zero-order chi connectivity index (χ0) is 28.1. The lowest BCUT2D eigenvalue weighted by molar-refractivity contribution is -0.295. The SMILES string of the molecule is COc1cc(C/C(C(=O)c2ccc(OC(F)F)cc2)=C(/C(=O)[O-])c2ccc3nsnc3c2)cc(OC)c1OC. The summed E-state index contributed by atoms with van der Waals surface area (Å²) in [5, 5.41) is 12.5. The molecule has 0 aliphatic heterocycles. The van der Waals surface area contributed by atoms with Crippen molar-refractivity contribution >= 4 is 40.1 Å². The fourth-order valence-corrected chi connectivity index (χ4v) is 4.56. The zero-order valence-electron chi connectivity index (χ0n) is 20.9. The average Bonchev–Trinajstić information content (AvgIpc) is 3.39. The van der Waals surface area contributed by atoms with Crippen molar-refractivity contribution < 1.29 is 42.4 Å². The van der Waals surface area contributed by atoms with Gasteiger partial charge in [0.05, 0.1) is 39.0 Å². The van der Waals surface area contributed by atoms with Gasteiger partial charge in [0.15, 0.2) is 17.3 Å². The average molecular weight is 556 g/mol. The largest absolute Gasteiger partial charge is 0.545 e. The summed E-state index contributed by atoms with van der Waals surface area (Å²) in [7, 11) is 4.29. The van der Waals surface area contributed by atoms with Gasteiger partial charge in [0.25, 0.3) is 0 Å². The maximum Gasteiger partial charge on any atom is 0.387 e. The van der Waals surface area contributed by atoms with Crippen LogP contribution >= 0.6 is 11.7 Å². The molecule has 202 valence electrons. The molecule has 1 aromatic heterocycles.